The fraction of sp³-hybridized carbons (Fsp3) is 0.882. The third-order valence-electron chi connectivity index (χ3n) is 4.04. The van der Waals surface area contributed by atoms with E-state index in [0.29, 0.717) is 13.0 Å². The van der Waals surface area contributed by atoms with Crippen molar-refractivity contribution in [2.24, 2.45) is 4.99 Å². The molecule has 1 fully saturated rings. The Morgan fingerprint density at radius 3 is 2.62 bits per heavy atom. The highest BCUT2D eigenvalue weighted by molar-refractivity contribution is 14.0. The van der Waals surface area contributed by atoms with Gasteiger partial charge in [0.05, 0.1) is 19.3 Å². The maximum atomic E-state index is 11.0. The summed E-state index contributed by atoms with van der Waals surface area (Å²) in [4.78, 5) is 15.6. The van der Waals surface area contributed by atoms with Crippen LogP contribution in [-0.2, 0) is 14.3 Å². The number of carbonyl (C=O) groups is 1. The quantitative estimate of drug-likeness (QED) is 0.174. The molecular weight excluding hydrogens is 421 g/mol. The SMILES string of the molecule is CCNC(=NCC1(C)CCCO1)NCCCCCCC(=O)OC.I. The monoisotopic (exact) mass is 455 g/mol. The first kappa shape index (κ1) is 23.4. The number of nitrogens with one attached hydrogen (secondary N) is 2. The summed E-state index contributed by atoms with van der Waals surface area (Å²) in [5.41, 5.74) is -0.101. The van der Waals surface area contributed by atoms with Gasteiger partial charge in [-0.05, 0) is 39.5 Å². The van der Waals surface area contributed by atoms with Crippen molar-refractivity contribution in [1.29, 1.82) is 0 Å². The Hall–Kier alpha value is -0.570. The number of halogens is 1. The zero-order valence-corrected chi connectivity index (χ0v) is 17.7. The van der Waals surface area contributed by atoms with Crippen molar-refractivity contribution < 1.29 is 14.3 Å². The third kappa shape index (κ3) is 10.3. The minimum atomic E-state index is -0.118. The number of hydrogen-bond acceptors (Lipinski definition) is 4. The number of methoxy groups -OCH3 is 1. The summed E-state index contributed by atoms with van der Waals surface area (Å²) in [7, 11) is 1.44. The molecule has 0 saturated carbocycles. The molecule has 0 bridgehead atoms. The Morgan fingerprint density at radius 2 is 2.00 bits per heavy atom. The summed E-state index contributed by atoms with van der Waals surface area (Å²) in [5, 5.41) is 6.63. The van der Waals surface area contributed by atoms with Gasteiger partial charge in [0.2, 0.25) is 0 Å². The molecule has 2 N–H and O–H groups in total. The van der Waals surface area contributed by atoms with Crippen molar-refractivity contribution in [1.82, 2.24) is 10.6 Å². The van der Waals surface area contributed by atoms with E-state index < -0.39 is 0 Å². The predicted molar refractivity (Wildman–Crippen MR) is 108 cm³/mol. The lowest BCUT2D eigenvalue weighted by molar-refractivity contribution is -0.140. The lowest BCUT2D eigenvalue weighted by atomic mass is 10.0. The van der Waals surface area contributed by atoms with E-state index in [0.717, 1.165) is 64.2 Å². The van der Waals surface area contributed by atoms with Crippen molar-refractivity contribution >= 4 is 35.9 Å². The Balaban J connectivity index is 0.00000529. The summed E-state index contributed by atoms with van der Waals surface area (Å²) in [5.74, 6) is 0.742. The van der Waals surface area contributed by atoms with Crippen LogP contribution in [0.5, 0.6) is 0 Å². The molecule has 1 saturated heterocycles. The number of aliphatic imine (C=N–C) groups is 1. The molecule has 0 amide bonds. The highest BCUT2D eigenvalue weighted by Gasteiger charge is 2.29. The van der Waals surface area contributed by atoms with Crippen LogP contribution in [0.1, 0.15) is 58.8 Å². The van der Waals surface area contributed by atoms with Crippen molar-refractivity contribution in [3.8, 4) is 0 Å². The van der Waals surface area contributed by atoms with E-state index >= 15 is 0 Å². The molecule has 0 aromatic carbocycles. The summed E-state index contributed by atoms with van der Waals surface area (Å²) < 4.78 is 10.4. The fourth-order valence-electron chi connectivity index (χ4n) is 2.61. The number of unbranched alkanes of at least 4 members (excludes halogenated alkanes) is 3. The Bertz CT molecular complexity index is 372. The Morgan fingerprint density at radius 1 is 1.25 bits per heavy atom. The largest absolute Gasteiger partial charge is 0.469 e. The molecule has 7 heteroatoms. The summed E-state index contributed by atoms with van der Waals surface area (Å²) in [6.07, 6.45) is 6.85. The lowest BCUT2D eigenvalue weighted by Gasteiger charge is -2.21. The first-order valence-electron chi connectivity index (χ1n) is 8.82. The lowest BCUT2D eigenvalue weighted by Crippen LogP contribution is -2.39. The summed E-state index contributed by atoms with van der Waals surface area (Å²) in [6, 6.07) is 0. The van der Waals surface area contributed by atoms with Gasteiger partial charge in [-0.2, -0.15) is 0 Å². The van der Waals surface area contributed by atoms with Gasteiger partial charge in [0.15, 0.2) is 5.96 Å². The molecule has 1 heterocycles. The second-order valence-electron chi connectivity index (χ2n) is 6.26. The minimum Gasteiger partial charge on any atom is -0.469 e. The third-order valence-corrected chi connectivity index (χ3v) is 4.04. The molecule has 0 spiro atoms. The van der Waals surface area contributed by atoms with Crippen LogP contribution in [0.3, 0.4) is 0 Å². The number of esters is 1. The number of nitrogens with zero attached hydrogens (tertiary/aromatic N) is 1. The van der Waals surface area contributed by atoms with Crippen LogP contribution in [0.15, 0.2) is 4.99 Å². The molecular formula is C17H34IN3O3. The number of rotatable bonds is 10. The van der Waals surface area contributed by atoms with Crippen LogP contribution < -0.4 is 10.6 Å². The van der Waals surface area contributed by atoms with Crippen molar-refractivity contribution in [2.75, 3.05) is 33.4 Å². The number of guanidine groups is 1. The average Bonchev–Trinajstić information content (AvgIpc) is 2.98. The summed E-state index contributed by atoms with van der Waals surface area (Å²) in [6.45, 7) is 7.49. The highest BCUT2D eigenvalue weighted by atomic mass is 127. The molecule has 1 aliphatic heterocycles. The molecule has 0 aromatic heterocycles. The molecule has 6 nitrogen and oxygen atoms in total. The molecule has 0 radical (unpaired) electrons. The van der Waals surface area contributed by atoms with E-state index in [1.807, 2.05) is 0 Å². The predicted octanol–water partition coefficient (Wildman–Crippen LogP) is 2.85. The number of ether oxygens (including phenoxy) is 2. The number of hydrogen-bond donors (Lipinski definition) is 2. The van der Waals surface area contributed by atoms with Crippen LogP contribution in [-0.4, -0.2) is 50.9 Å². The molecule has 24 heavy (non-hydrogen) atoms. The fourth-order valence-corrected chi connectivity index (χ4v) is 2.61. The van der Waals surface area contributed by atoms with E-state index in [1.54, 1.807) is 0 Å². The van der Waals surface area contributed by atoms with E-state index in [1.165, 1.54) is 7.11 Å². The van der Waals surface area contributed by atoms with Gasteiger partial charge in [0.1, 0.15) is 0 Å². The van der Waals surface area contributed by atoms with Crippen LogP contribution in [0, 0.1) is 0 Å². The van der Waals surface area contributed by atoms with E-state index in [4.69, 9.17) is 4.74 Å². The van der Waals surface area contributed by atoms with Gasteiger partial charge in [-0.3, -0.25) is 9.79 Å². The second-order valence-corrected chi connectivity index (χ2v) is 6.26. The maximum absolute atomic E-state index is 11.0. The molecule has 1 unspecified atom stereocenters. The van der Waals surface area contributed by atoms with Crippen molar-refractivity contribution in [3.05, 3.63) is 0 Å². The number of carbonyl (C=O) groups excluding carboxylic acids is 1. The molecule has 1 atom stereocenters. The van der Waals surface area contributed by atoms with Gasteiger partial charge < -0.3 is 20.1 Å². The van der Waals surface area contributed by atoms with E-state index in [-0.39, 0.29) is 35.5 Å². The van der Waals surface area contributed by atoms with Crippen molar-refractivity contribution in [2.45, 2.75) is 64.4 Å². The highest BCUT2D eigenvalue weighted by Crippen LogP contribution is 2.24. The zero-order chi connectivity index (χ0) is 17.0. The van der Waals surface area contributed by atoms with Gasteiger partial charge in [0, 0.05) is 26.1 Å². The van der Waals surface area contributed by atoms with Gasteiger partial charge in [-0.15, -0.1) is 24.0 Å². The minimum absolute atomic E-state index is 0. The van der Waals surface area contributed by atoms with E-state index in [2.05, 4.69) is 34.2 Å². The molecule has 142 valence electrons. The average molecular weight is 455 g/mol. The first-order chi connectivity index (χ1) is 11.1. The topological polar surface area (TPSA) is 72.0 Å². The normalized spacial score (nSPS) is 20.4. The first-order valence-corrected chi connectivity index (χ1v) is 8.82. The Labute approximate surface area is 163 Å². The van der Waals surface area contributed by atoms with Gasteiger partial charge >= 0.3 is 5.97 Å². The van der Waals surface area contributed by atoms with Crippen LogP contribution in [0.2, 0.25) is 0 Å². The van der Waals surface area contributed by atoms with Crippen LogP contribution in [0.25, 0.3) is 0 Å². The maximum Gasteiger partial charge on any atom is 0.305 e. The van der Waals surface area contributed by atoms with Crippen LogP contribution in [0.4, 0.5) is 0 Å². The van der Waals surface area contributed by atoms with Crippen LogP contribution >= 0.6 is 24.0 Å². The zero-order valence-electron chi connectivity index (χ0n) is 15.4. The van der Waals surface area contributed by atoms with E-state index in [9.17, 15) is 4.79 Å². The standard InChI is InChI=1S/C17H33N3O3.HI/c1-4-18-16(20-14-17(2)11-9-13-23-17)19-12-8-6-5-7-10-15(21)22-3;/h4-14H2,1-3H3,(H2,18,19,20);1H. The summed E-state index contributed by atoms with van der Waals surface area (Å²) >= 11 is 0. The van der Waals surface area contributed by atoms with Crippen molar-refractivity contribution in [3.63, 3.8) is 0 Å². The van der Waals surface area contributed by atoms with Gasteiger partial charge in [-0.25, -0.2) is 0 Å². The molecule has 0 aromatic rings. The molecule has 0 aliphatic carbocycles. The van der Waals surface area contributed by atoms with Gasteiger partial charge in [-0.1, -0.05) is 12.8 Å². The van der Waals surface area contributed by atoms with Gasteiger partial charge in [0.25, 0.3) is 0 Å². The smallest absolute Gasteiger partial charge is 0.305 e. The second kappa shape index (κ2) is 13.7. The molecule has 1 aliphatic rings. The molecule has 1 rings (SSSR count). The Kier molecular flexibility index (Phi) is 13.4.